The summed E-state index contributed by atoms with van der Waals surface area (Å²) in [6.07, 6.45) is 0.520. The van der Waals surface area contributed by atoms with Crippen LogP contribution in [0.25, 0.3) is 0 Å². The van der Waals surface area contributed by atoms with Gasteiger partial charge in [0.2, 0.25) is 11.6 Å². The van der Waals surface area contributed by atoms with Gasteiger partial charge in [-0.15, -0.1) is 0 Å². The Balaban J connectivity index is 2.66. The molecule has 1 unspecified atom stereocenters. The first-order valence-electron chi connectivity index (χ1n) is 3.88. The summed E-state index contributed by atoms with van der Waals surface area (Å²) in [6, 6.07) is 6.59. The van der Waals surface area contributed by atoms with E-state index in [1.807, 2.05) is 0 Å². The standard InChI is InChI=1S/C10H6O3/c11-5-8-6-3-1-2-4-7(6)9(12)10(8)13/h1-5,8H. The Kier molecular flexibility index (Phi) is 1.59. The number of fused-ring (bicyclic) bond motifs is 1. The van der Waals surface area contributed by atoms with Gasteiger partial charge in [-0.2, -0.15) is 0 Å². The van der Waals surface area contributed by atoms with E-state index < -0.39 is 17.5 Å². The summed E-state index contributed by atoms with van der Waals surface area (Å²) < 4.78 is 0. The second-order valence-electron chi connectivity index (χ2n) is 2.89. The lowest BCUT2D eigenvalue weighted by molar-refractivity contribution is -0.120. The zero-order valence-electron chi connectivity index (χ0n) is 6.69. The fourth-order valence-electron chi connectivity index (χ4n) is 1.53. The number of carbonyl (C=O) groups excluding carboxylic acids is 3. The topological polar surface area (TPSA) is 51.2 Å². The Hall–Kier alpha value is -1.77. The highest BCUT2D eigenvalue weighted by atomic mass is 16.2. The molecular weight excluding hydrogens is 168 g/mol. The summed E-state index contributed by atoms with van der Waals surface area (Å²) in [5, 5.41) is 0. The second-order valence-corrected chi connectivity index (χ2v) is 2.89. The van der Waals surface area contributed by atoms with E-state index in [0.717, 1.165) is 0 Å². The van der Waals surface area contributed by atoms with Crippen molar-refractivity contribution in [2.24, 2.45) is 0 Å². The van der Waals surface area contributed by atoms with E-state index in [2.05, 4.69) is 0 Å². The van der Waals surface area contributed by atoms with Gasteiger partial charge in [-0.05, 0) is 5.56 Å². The van der Waals surface area contributed by atoms with Gasteiger partial charge in [0.25, 0.3) is 0 Å². The summed E-state index contributed by atoms with van der Waals surface area (Å²) in [5.74, 6) is -2.03. The third kappa shape index (κ3) is 0.935. The molecule has 0 fully saturated rings. The van der Waals surface area contributed by atoms with Gasteiger partial charge in [0, 0.05) is 5.56 Å². The maximum Gasteiger partial charge on any atom is 0.230 e. The third-order valence-corrected chi connectivity index (χ3v) is 2.18. The first kappa shape index (κ1) is 7.86. The van der Waals surface area contributed by atoms with Crippen LogP contribution in [0.5, 0.6) is 0 Å². The molecule has 0 aliphatic heterocycles. The van der Waals surface area contributed by atoms with Gasteiger partial charge in [-0.3, -0.25) is 9.59 Å². The molecule has 13 heavy (non-hydrogen) atoms. The van der Waals surface area contributed by atoms with Gasteiger partial charge in [0.1, 0.15) is 12.2 Å². The molecular formula is C10H6O3. The molecule has 0 bridgehead atoms. The lowest BCUT2D eigenvalue weighted by atomic mass is 10.0. The predicted molar refractivity (Wildman–Crippen MR) is 44.6 cm³/mol. The Labute approximate surface area is 74.4 Å². The summed E-state index contributed by atoms with van der Waals surface area (Å²) >= 11 is 0. The van der Waals surface area contributed by atoms with Crippen molar-refractivity contribution in [3.8, 4) is 0 Å². The zero-order valence-corrected chi connectivity index (χ0v) is 6.69. The van der Waals surface area contributed by atoms with E-state index in [-0.39, 0.29) is 0 Å². The molecule has 1 aromatic carbocycles. The van der Waals surface area contributed by atoms with Crippen molar-refractivity contribution >= 4 is 17.9 Å². The van der Waals surface area contributed by atoms with Crippen molar-refractivity contribution in [3.05, 3.63) is 35.4 Å². The number of rotatable bonds is 1. The molecule has 0 heterocycles. The minimum Gasteiger partial charge on any atom is -0.302 e. The zero-order chi connectivity index (χ0) is 9.42. The molecule has 0 saturated heterocycles. The van der Waals surface area contributed by atoms with Crippen LogP contribution in [0.4, 0.5) is 0 Å². The summed E-state index contributed by atoms with van der Waals surface area (Å²) in [4.78, 5) is 33.0. The minimum absolute atomic E-state index is 0.365. The van der Waals surface area contributed by atoms with Gasteiger partial charge >= 0.3 is 0 Å². The Bertz CT molecular complexity index is 406. The van der Waals surface area contributed by atoms with Crippen LogP contribution in [0.1, 0.15) is 21.8 Å². The largest absolute Gasteiger partial charge is 0.302 e. The van der Waals surface area contributed by atoms with Gasteiger partial charge in [0.15, 0.2) is 0 Å². The Morgan fingerprint density at radius 3 is 2.54 bits per heavy atom. The van der Waals surface area contributed by atoms with Gasteiger partial charge < -0.3 is 4.79 Å². The van der Waals surface area contributed by atoms with Crippen LogP contribution in [0.15, 0.2) is 24.3 Å². The Morgan fingerprint density at radius 1 is 1.15 bits per heavy atom. The van der Waals surface area contributed by atoms with Crippen LogP contribution in [-0.4, -0.2) is 17.9 Å². The molecule has 1 aliphatic rings. The number of Topliss-reactive ketones (excluding diaryl/α,β-unsaturated/α-hetero) is 2. The molecule has 0 saturated carbocycles. The van der Waals surface area contributed by atoms with Crippen molar-refractivity contribution in [2.45, 2.75) is 5.92 Å². The summed E-state index contributed by atoms with van der Waals surface area (Å²) in [6.45, 7) is 0. The van der Waals surface area contributed by atoms with Crippen molar-refractivity contribution in [2.75, 3.05) is 0 Å². The summed E-state index contributed by atoms with van der Waals surface area (Å²) in [7, 11) is 0. The molecule has 1 aromatic rings. The van der Waals surface area contributed by atoms with E-state index in [9.17, 15) is 14.4 Å². The van der Waals surface area contributed by atoms with E-state index >= 15 is 0 Å². The van der Waals surface area contributed by atoms with Crippen LogP contribution in [-0.2, 0) is 9.59 Å². The molecule has 0 radical (unpaired) electrons. The highest BCUT2D eigenvalue weighted by molar-refractivity contribution is 6.51. The number of aldehydes is 1. The Morgan fingerprint density at radius 2 is 1.85 bits per heavy atom. The maximum absolute atomic E-state index is 11.3. The van der Waals surface area contributed by atoms with Crippen LogP contribution >= 0.6 is 0 Å². The van der Waals surface area contributed by atoms with Crippen LogP contribution in [0, 0.1) is 0 Å². The number of benzene rings is 1. The van der Waals surface area contributed by atoms with Crippen LogP contribution < -0.4 is 0 Å². The average molecular weight is 174 g/mol. The van der Waals surface area contributed by atoms with Crippen molar-refractivity contribution < 1.29 is 14.4 Å². The van der Waals surface area contributed by atoms with E-state index in [1.54, 1.807) is 24.3 Å². The monoisotopic (exact) mass is 174 g/mol. The van der Waals surface area contributed by atoms with Gasteiger partial charge in [-0.1, -0.05) is 24.3 Å². The smallest absolute Gasteiger partial charge is 0.230 e. The number of hydrogen-bond donors (Lipinski definition) is 0. The molecule has 0 N–H and O–H groups in total. The first-order valence-corrected chi connectivity index (χ1v) is 3.88. The third-order valence-electron chi connectivity index (χ3n) is 2.18. The van der Waals surface area contributed by atoms with Gasteiger partial charge in [0.05, 0.1) is 0 Å². The van der Waals surface area contributed by atoms with Crippen molar-refractivity contribution in [3.63, 3.8) is 0 Å². The molecule has 3 heteroatoms. The normalized spacial score (nSPS) is 20.2. The lowest BCUT2D eigenvalue weighted by Crippen LogP contribution is -2.12. The average Bonchev–Trinajstić information content (AvgIpc) is 2.41. The van der Waals surface area contributed by atoms with E-state index in [4.69, 9.17) is 0 Å². The molecule has 3 nitrogen and oxygen atoms in total. The fraction of sp³-hybridized carbons (Fsp3) is 0.100. The molecule has 64 valence electrons. The SMILES string of the molecule is O=CC1C(=O)C(=O)c2ccccc21. The fourth-order valence-corrected chi connectivity index (χ4v) is 1.53. The number of ketones is 2. The highest BCUT2D eigenvalue weighted by Gasteiger charge is 2.37. The van der Waals surface area contributed by atoms with E-state index in [0.29, 0.717) is 17.4 Å². The van der Waals surface area contributed by atoms with Crippen molar-refractivity contribution in [1.82, 2.24) is 0 Å². The van der Waals surface area contributed by atoms with Crippen LogP contribution in [0.2, 0.25) is 0 Å². The minimum atomic E-state index is -0.872. The van der Waals surface area contributed by atoms with Crippen LogP contribution in [0.3, 0.4) is 0 Å². The highest BCUT2D eigenvalue weighted by Crippen LogP contribution is 2.28. The molecule has 2 rings (SSSR count). The molecule has 0 aromatic heterocycles. The van der Waals surface area contributed by atoms with E-state index in [1.165, 1.54) is 0 Å². The maximum atomic E-state index is 11.3. The lowest BCUT2D eigenvalue weighted by Gasteiger charge is -1.97. The van der Waals surface area contributed by atoms with Crippen molar-refractivity contribution in [1.29, 1.82) is 0 Å². The predicted octanol–water partition coefficient (Wildman–Crippen LogP) is 0.735. The first-order chi connectivity index (χ1) is 6.25. The second kappa shape index (κ2) is 2.62. The summed E-state index contributed by atoms with van der Waals surface area (Å²) in [5.41, 5.74) is 0.900. The molecule has 0 amide bonds. The number of hydrogen-bond acceptors (Lipinski definition) is 3. The molecule has 1 aliphatic carbocycles. The molecule has 1 atom stereocenters. The number of carbonyl (C=O) groups is 3. The quantitative estimate of drug-likeness (QED) is 0.358. The van der Waals surface area contributed by atoms with Gasteiger partial charge in [-0.25, -0.2) is 0 Å². The molecule has 0 spiro atoms.